The highest BCUT2D eigenvalue weighted by Gasteiger charge is 2.23. The van der Waals surface area contributed by atoms with Crippen LogP contribution in [0.2, 0.25) is 0 Å². The Labute approximate surface area is 107 Å². The molecule has 96 valence electrons. The fourth-order valence-electron chi connectivity index (χ4n) is 2.38. The fraction of sp³-hybridized carbons (Fsp3) is 0.500. The number of hydrogen-bond donors (Lipinski definition) is 1. The third kappa shape index (κ3) is 3.06. The van der Waals surface area contributed by atoms with E-state index < -0.39 is 0 Å². The molecule has 1 heterocycles. The molecule has 0 aromatic heterocycles. The van der Waals surface area contributed by atoms with Crippen molar-refractivity contribution in [2.75, 3.05) is 13.1 Å². The first-order valence-electron chi connectivity index (χ1n) is 6.26. The molecule has 1 aliphatic rings. The van der Waals surface area contributed by atoms with Gasteiger partial charge < -0.3 is 5.73 Å². The summed E-state index contributed by atoms with van der Waals surface area (Å²) >= 11 is 0. The average Bonchev–Trinajstić information content (AvgIpc) is 2.33. The SMILES string of the molecule is CC1CCN(Cc2cc(F)cc(C#N)c2)CC1N. The first kappa shape index (κ1) is 13.0. The van der Waals surface area contributed by atoms with Crippen LogP contribution in [-0.4, -0.2) is 24.0 Å². The standard InChI is InChI=1S/C14H18FN3/c1-10-2-3-18(9-14(10)17)8-12-4-11(7-16)5-13(15)6-12/h4-6,10,14H,2-3,8-9,17H2,1H3. The van der Waals surface area contributed by atoms with Crippen LogP contribution in [0.25, 0.3) is 0 Å². The topological polar surface area (TPSA) is 53.0 Å². The molecule has 0 amide bonds. The maximum absolute atomic E-state index is 13.3. The molecule has 3 nitrogen and oxygen atoms in total. The number of hydrogen-bond acceptors (Lipinski definition) is 3. The summed E-state index contributed by atoms with van der Waals surface area (Å²) in [6.07, 6.45) is 1.07. The van der Waals surface area contributed by atoms with E-state index in [1.54, 1.807) is 6.07 Å². The minimum absolute atomic E-state index is 0.183. The van der Waals surface area contributed by atoms with E-state index in [1.165, 1.54) is 12.1 Å². The van der Waals surface area contributed by atoms with Crippen molar-refractivity contribution in [1.82, 2.24) is 4.90 Å². The van der Waals surface area contributed by atoms with Crippen molar-refractivity contribution < 1.29 is 4.39 Å². The van der Waals surface area contributed by atoms with Crippen LogP contribution in [0.1, 0.15) is 24.5 Å². The normalized spacial score (nSPS) is 24.8. The Morgan fingerprint density at radius 2 is 2.28 bits per heavy atom. The Morgan fingerprint density at radius 3 is 2.94 bits per heavy atom. The van der Waals surface area contributed by atoms with Gasteiger partial charge in [0.05, 0.1) is 11.6 Å². The van der Waals surface area contributed by atoms with Gasteiger partial charge in [-0.25, -0.2) is 4.39 Å². The second-order valence-corrected chi connectivity index (χ2v) is 5.12. The third-order valence-corrected chi connectivity index (χ3v) is 3.59. The van der Waals surface area contributed by atoms with E-state index in [2.05, 4.69) is 11.8 Å². The van der Waals surface area contributed by atoms with Gasteiger partial charge in [0.25, 0.3) is 0 Å². The average molecular weight is 247 g/mol. The summed E-state index contributed by atoms with van der Waals surface area (Å²) in [6, 6.07) is 6.65. The second kappa shape index (κ2) is 5.47. The highest BCUT2D eigenvalue weighted by molar-refractivity contribution is 5.33. The van der Waals surface area contributed by atoms with Crippen LogP contribution in [0.4, 0.5) is 4.39 Å². The van der Waals surface area contributed by atoms with Crippen LogP contribution in [-0.2, 0) is 6.54 Å². The lowest BCUT2D eigenvalue weighted by atomic mass is 9.94. The summed E-state index contributed by atoms with van der Waals surface area (Å²) in [5.74, 6) is 0.196. The first-order valence-corrected chi connectivity index (χ1v) is 6.26. The van der Waals surface area contributed by atoms with Crippen molar-refractivity contribution in [3.8, 4) is 6.07 Å². The quantitative estimate of drug-likeness (QED) is 0.868. The van der Waals surface area contributed by atoms with Crippen LogP contribution >= 0.6 is 0 Å². The minimum Gasteiger partial charge on any atom is -0.326 e. The lowest BCUT2D eigenvalue weighted by Crippen LogP contribution is -2.47. The Bertz CT molecular complexity index is 467. The largest absolute Gasteiger partial charge is 0.326 e. The zero-order valence-electron chi connectivity index (χ0n) is 10.6. The Hall–Kier alpha value is -1.44. The monoisotopic (exact) mass is 247 g/mol. The molecule has 1 aromatic rings. The van der Waals surface area contributed by atoms with Gasteiger partial charge in [-0.1, -0.05) is 6.92 Å². The lowest BCUT2D eigenvalue weighted by molar-refractivity contribution is 0.162. The Morgan fingerprint density at radius 1 is 1.50 bits per heavy atom. The Balaban J connectivity index is 2.06. The lowest BCUT2D eigenvalue weighted by Gasteiger charge is -2.35. The number of nitriles is 1. The van der Waals surface area contributed by atoms with E-state index in [-0.39, 0.29) is 11.9 Å². The van der Waals surface area contributed by atoms with Crippen LogP contribution in [0, 0.1) is 23.1 Å². The molecule has 0 saturated carbocycles. The summed E-state index contributed by atoms with van der Waals surface area (Å²) in [4.78, 5) is 2.22. The van der Waals surface area contributed by atoms with Crippen molar-refractivity contribution in [3.63, 3.8) is 0 Å². The van der Waals surface area contributed by atoms with E-state index in [4.69, 9.17) is 11.0 Å². The number of nitrogens with two attached hydrogens (primary N) is 1. The molecule has 2 atom stereocenters. The van der Waals surface area contributed by atoms with Gasteiger partial charge in [-0.2, -0.15) is 5.26 Å². The third-order valence-electron chi connectivity index (χ3n) is 3.59. The predicted molar refractivity (Wildman–Crippen MR) is 68.1 cm³/mol. The molecular formula is C14H18FN3. The maximum atomic E-state index is 13.3. The molecule has 2 rings (SSSR count). The second-order valence-electron chi connectivity index (χ2n) is 5.12. The molecule has 0 aliphatic carbocycles. The van der Waals surface area contributed by atoms with Gasteiger partial charge in [-0.3, -0.25) is 4.90 Å². The van der Waals surface area contributed by atoms with Gasteiger partial charge in [-0.15, -0.1) is 0 Å². The van der Waals surface area contributed by atoms with Gasteiger partial charge >= 0.3 is 0 Å². The highest BCUT2D eigenvalue weighted by Crippen LogP contribution is 2.18. The maximum Gasteiger partial charge on any atom is 0.124 e. The summed E-state index contributed by atoms with van der Waals surface area (Å²) < 4.78 is 13.3. The molecular weight excluding hydrogens is 229 g/mol. The molecule has 1 aliphatic heterocycles. The van der Waals surface area contributed by atoms with Gasteiger partial charge in [0, 0.05) is 19.1 Å². The molecule has 2 unspecified atom stereocenters. The van der Waals surface area contributed by atoms with Crippen LogP contribution < -0.4 is 5.73 Å². The molecule has 0 bridgehead atoms. The number of piperidine rings is 1. The number of benzene rings is 1. The van der Waals surface area contributed by atoms with E-state index in [0.717, 1.165) is 25.1 Å². The van der Waals surface area contributed by atoms with E-state index in [0.29, 0.717) is 18.0 Å². The van der Waals surface area contributed by atoms with Crippen LogP contribution in [0.15, 0.2) is 18.2 Å². The van der Waals surface area contributed by atoms with E-state index in [1.807, 2.05) is 6.07 Å². The molecule has 0 spiro atoms. The number of rotatable bonds is 2. The molecule has 0 radical (unpaired) electrons. The fourth-order valence-corrected chi connectivity index (χ4v) is 2.38. The Kier molecular flexibility index (Phi) is 3.95. The van der Waals surface area contributed by atoms with Gasteiger partial charge in [0.2, 0.25) is 0 Å². The van der Waals surface area contributed by atoms with E-state index >= 15 is 0 Å². The minimum atomic E-state index is -0.348. The zero-order valence-corrected chi connectivity index (χ0v) is 10.6. The molecule has 4 heteroatoms. The van der Waals surface area contributed by atoms with Gasteiger partial charge in [0.15, 0.2) is 0 Å². The van der Waals surface area contributed by atoms with Crippen molar-refractivity contribution in [3.05, 3.63) is 35.1 Å². The van der Waals surface area contributed by atoms with Crippen LogP contribution in [0.5, 0.6) is 0 Å². The molecule has 1 fully saturated rings. The molecule has 18 heavy (non-hydrogen) atoms. The van der Waals surface area contributed by atoms with Crippen molar-refractivity contribution in [2.24, 2.45) is 11.7 Å². The summed E-state index contributed by atoms with van der Waals surface area (Å²) in [7, 11) is 0. The number of halogens is 1. The number of nitrogens with zero attached hydrogens (tertiary/aromatic N) is 2. The number of likely N-dealkylation sites (tertiary alicyclic amines) is 1. The van der Waals surface area contributed by atoms with E-state index in [9.17, 15) is 4.39 Å². The molecule has 2 N–H and O–H groups in total. The summed E-state index contributed by atoms with van der Waals surface area (Å²) in [5, 5.41) is 8.82. The highest BCUT2D eigenvalue weighted by atomic mass is 19.1. The van der Waals surface area contributed by atoms with Crippen molar-refractivity contribution in [2.45, 2.75) is 25.9 Å². The van der Waals surface area contributed by atoms with Gasteiger partial charge in [-0.05, 0) is 42.6 Å². The first-order chi connectivity index (χ1) is 8.58. The van der Waals surface area contributed by atoms with Crippen LogP contribution in [0.3, 0.4) is 0 Å². The smallest absolute Gasteiger partial charge is 0.124 e. The predicted octanol–water partition coefficient (Wildman–Crippen LogP) is 1.87. The van der Waals surface area contributed by atoms with Crippen molar-refractivity contribution >= 4 is 0 Å². The zero-order chi connectivity index (χ0) is 13.1. The summed E-state index contributed by atoms with van der Waals surface area (Å²) in [6.45, 7) is 4.64. The van der Waals surface area contributed by atoms with Gasteiger partial charge in [0.1, 0.15) is 5.82 Å². The molecule has 1 saturated heterocycles. The molecule has 1 aromatic carbocycles. The van der Waals surface area contributed by atoms with Crippen molar-refractivity contribution in [1.29, 1.82) is 5.26 Å². The summed E-state index contributed by atoms with van der Waals surface area (Å²) in [5.41, 5.74) is 7.26.